The highest BCUT2D eigenvalue weighted by Gasteiger charge is 2.57. The molecular weight excluding hydrogens is 416 g/mol. The molecule has 2 aromatic heterocycles. The van der Waals surface area contributed by atoms with E-state index in [2.05, 4.69) is 53.2 Å². The summed E-state index contributed by atoms with van der Waals surface area (Å²) in [6.45, 7) is 11.7. The van der Waals surface area contributed by atoms with Gasteiger partial charge in [-0.15, -0.1) is 0 Å². The average Bonchev–Trinajstić information content (AvgIpc) is 3.18. The summed E-state index contributed by atoms with van der Waals surface area (Å²) < 4.78 is 2.21. The van der Waals surface area contributed by atoms with Crippen LogP contribution in [0.5, 0.6) is 0 Å². The summed E-state index contributed by atoms with van der Waals surface area (Å²) in [6, 6.07) is 4.16. The second kappa shape index (κ2) is 8.53. The predicted molar refractivity (Wildman–Crippen MR) is 125 cm³/mol. The number of imide groups is 1. The van der Waals surface area contributed by atoms with Crippen LogP contribution in [0.15, 0.2) is 12.3 Å². The molecule has 176 valence electrons. The predicted octanol–water partition coefficient (Wildman–Crippen LogP) is 3.35. The molecule has 1 unspecified atom stereocenters. The van der Waals surface area contributed by atoms with E-state index in [0.717, 1.165) is 55.7 Å². The molecule has 8 nitrogen and oxygen atoms in total. The van der Waals surface area contributed by atoms with Gasteiger partial charge in [-0.2, -0.15) is 5.26 Å². The number of amides is 2. The standard InChI is InChI=1S/C25H34N6O2/c1-6-7-19-22(32)29(5)23(33)25(19)8-10-30(11-9-25)15-18-12-17-14-27-20(13-26)28-21(17)31(18)16-24(2,3)4/h12,14,19H,6-11,15-16H2,1-5H3. The van der Waals surface area contributed by atoms with E-state index in [9.17, 15) is 14.9 Å². The first kappa shape index (κ1) is 23.4. The van der Waals surface area contributed by atoms with Crippen LogP contribution in [0.4, 0.5) is 0 Å². The van der Waals surface area contributed by atoms with Gasteiger partial charge in [0.1, 0.15) is 11.7 Å². The van der Waals surface area contributed by atoms with Crippen LogP contribution in [0.2, 0.25) is 0 Å². The molecule has 0 aliphatic carbocycles. The third-order valence-corrected chi connectivity index (χ3v) is 7.19. The maximum atomic E-state index is 13.1. The van der Waals surface area contributed by atoms with Crippen molar-refractivity contribution >= 4 is 22.8 Å². The first-order chi connectivity index (χ1) is 15.6. The minimum Gasteiger partial charge on any atom is -0.328 e. The lowest BCUT2D eigenvalue weighted by molar-refractivity contribution is -0.141. The molecule has 2 fully saturated rings. The summed E-state index contributed by atoms with van der Waals surface area (Å²) in [5, 5.41) is 10.2. The average molecular weight is 451 g/mol. The zero-order valence-corrected chi connectivity index (χ0v) is 20.4. The van der Waals surface area contributed by atoms with Crippen LogP contribution in [-0.2, 0) is 22.7 Å². The maximum absolute atomic E-state index is 13.1. The maximum Gasteiger partial charge on any atom is 0.236 e. The zero-order chi connectivity index (χ0) is 24.0. The molecule has 1 spiro atoms. The summed E-state index contributed by atoms with van der Waals surface area (Å²) in [5.74, 6) is -0.00822. The molecule has 2 aliphatic rings. The van der Waals surface area contributed by atoms with Crippen molar-refractivity contribution in [2.24, 2.45) is 16.7 Å². The van der Waals surface area contributed by atoms with Crippen molar-refractivity contribution in [3.8, 4) is 6.07 Å². The number of nitriles is 1. The normalized spacial score (nSPS) is 21.3. The van der Waals surface area contributed by atoms with E-state index in [4.69, 9.17) is 0 Å². The molecule has 0 aromatic carbocycles. The number of carbonyl (C=O) groups is 2. The molecule has 2 aromatic rings. The Bertz CT molecular complexity index is 1110. The smallest absolute Gasteiger partial charge is 0.236 e. The number of fused-ring (bicyclic) bond motifs is 1. The lowest BCUT2D eigenvalue weighted by Crippen LogP contribution is -2.46. The van der Waals surface area contributed by atoms with Crippen molar-refractivity contribution in [2.45, 2.75) is 66.5 Å². The highest BCUT2D eigenvalue weighted by Crippen LogP contribution is 2.48. The van der Waals surface area contributed by atoms with Crippen molar-refractivity contribution < 1.29 is 9.59 Å². The Labute approximate surface area is 195 Å². The molecule has 2 saturated heterocycles. The minimum atomic E-state index is -0.538. The Morgan fingerprint density at radius 1 is 1.24 bits per heavy atom. The van der Waals surface area contributed by atoms with Crippen LogP contribution < -0.4 is 0 Å². The van der Waals surface area contributed by atoms with Crippen LogP contribution in [0.3, 0.4) is 0 Å². The van der Waals surface area contributed by atoms with Crippen molar-refractivity contribution in [2.75, 3.05) is 20.1 Å². The summed E-state index contributed by atoms with van der Waals surface area (Å²) in [7, 11) is 1.63. The monoisotopic (exact) mass is 450 g/mol. The molecule has 2 aliphatic heterocycles. The van der Waals surface area contributed by atoms with Gasteiger partial charge in [0.2, 0.25) is 17.6 Å². The molecule has 0 radical (unpaired) electrons. The van der Waals surface area contributed by atoms with Gasteiger partial charge in [-0.05, 0) is 43.8 Å². The largest absolute Gasteiger partial charge is 0.328 e. The van der Waals surface area contributed by atoms with Gasteiger partial charge in [0.05, 0.1) is 11.3 Å². The van der Waals surface area contributed by atoms with Crippen LogP contribution >= 0.6 is 0 Å². The van der Waals surface area contributed by atoms with E-state index in [-0.39, 0.29) is 29.0 Å². The van der Waals surface area contributed by atoms with E-state index in [1.165, 1.54) is 4.90 Å². The Balaban J connectivity index is 1.58. The topological polar surface area (TPSA) is 95.1 Å². The first-order valence-electron chi connectivity index (χ1n) is 11.9. The second-order valence-electron chi connectivity index (χ2n) is 10.8. The van der Waals surface area contributed by atoms with Gasteiger partial charge < -0.3 is 4.57 Å². The molecule has 0 bridgehead atoms. The summed E-state index contributed by atoms with van der Waals surface area (Å²) in [6.07, 6.45) is 4.83. The minimum absolute atomic E-state index is 0.00625. The Kier molecular flexibility index (Phi) is 6.04. The molecule has 33 heavy (non-hydrogen) atoms. The molecule has 4 heterocycles. The summed E-state index contributed by atoms with van der Waals surface area (Å²) in [4.78, 5) is 38.2. The first-order valence-corrected chi connectivity index (χ1v) is 11.9. The molecule has 1 atom stereocenters. The number of likely N-dealkylation sites (tertiary alicyclic amines) is 2. The van der Waals surface area contributed by atoms with Crippen LogP contribution in [0.1, 0.15) is 64.9 Å². The Morgan fingerprint density at radius 2 is 1.94 bits per heavy atom. The van der Waals surface area contributed by atoms with Crippen molar-refractivity contribution in [3.05, 3.63) is 23.8 Å². The van der Waals surface area contributed by atoms with Gasteiger partial charge in [-0.3, -0.25) is 19.4 Å². The third-order valence-electron chi connectivity index (χ3n) is 7.19. The van der Waals surface area contributed by atoms with Gasteiger partial charge in [-0.1, -0.05) is 34.1 Å². The van der Waals surface area contributed by atoms with Crippen LogP contribution in [0.25, 0.3) is 11.0 Å². The van der Waals surface area contributed by atoms with Crippen molar-refractivity contribution in [3.63, 3.8) is 0 Å². The second-order valence-corrected chi connectivity index (χ2v) is 10.8. The number of aromatic nitrogens is 3. The van der Waals surface area contributed by atoms with Crippen molar-refractivity contribution in [1.29, 1.82) is 5.26 Å². The van der Waals surface area contributed by atoms with Gasteiger partial charge in [0.15, 0.2) is 0 Å². The summed E-state index contributed by atoms with van der Waals surface area (Å²) >= 11 is 0. The van der Waals surface area contributed by atoms with E-state index in [1.807, 2.05) is 6.07 Å². The molecular formula is C25H34N6O2. The third kappa shape index (κ3) is 4.15. The van der Waals surface area contributed by atoms with E-state index >= 15 is 0 Å². The lowest BCUT2D eigenvalue weighted by atomic mass is 9.68. The summed E-state index contributed by atoms with van der Waals surface area (Å²) in [5.41, 5.74) is 1.43. The number of rotatable bonds is 5. The van der Waals surface area contributed by atoms with Gasteiger partial charge >= 0.3 is 0 Å². The van der Waals surface area contributed by atoms with Gasteiger partial charge in [-0.25, -0.2) is 9.97 Å². The number of piperidine rings is 1. The van der Waals surface area contributed by atoms with Crippen LogP contribution in [-0.4, -0.2) is 56.3 Å². The zero-order valence-electron chi connectivity index (χ0n) is 20.4. The quantitative estimate of drug-likeness (QED) is 0.649. The van der Waals surface area contributed by atoms with E-state index in [1.54, 1.807) is 13.2 Å². The highest BCUT2D eigenvalue weighted by atomic mass is 16.2. The number of carbonyl (C=O) groups excluding carboxylic acids is 2. The fourth-order valence-corrected chi connectivity index (χ4v) is 5.57. The molecule has 4 rings (SSSR count). The Hall–Kier alpha value is -2.79. The number of hydrogen-bond acceptors (Lipinski definition) is 6. The number of nitrogens with zero attached hydrogens (tertiary/aromatic N) is 6. The van der Waals surface area contributed by atoms with Crippen molar-refractivity contribution in [1.82, 2.24) is 24.3 Å². The SMILES string of the molecule is CCCC1C(=O)N(C)C(=O)C12CCN(Cc1cc3cnc(C#N)nc3n1CC(C)(C)C)CC2. The van der Waals surface area contributed by atoms with E-state index in [0.29, 0.717) is 12.8 Å². The fourth-order valence-electron chi connectivity index (χ4n) is 5.57. The Morgan fingerprint density at radius 3 is 2.55 bits per heavy atom. The lowest BCUT2D eigenvalue weighted by Gasteiger charge is -2.40. The highest BCUT2D eigenvalue weighted by molar-refractivity contribution is 6.07. The molecule has 2 amide bonds. The van der Waals surface area contributed by atoms with Gasteiger partial charge in [0, 0.05) is 37.4 Å². The van der Waals surface area contributed by atoms with E-state index < -0.39 is 5.41 Å². The fraction of sp³-hybridized carbons (Fsp3) is 0.640. The van der Waals surface area contributed by atoms with Gasteiger partial charge in [0.25, 0.3) is 0 Å². The number of hydrogen-bond donors (Lipinski definition) is 0. The molecule has 0 N–H and O–H groups in total. The molecule has 0 saturated carbocycles. The van der Waals surface area contributed by atoms with Crippen LogP contribution in [0, 0.1) is 28.1 Å². The molecule has 8 heteroatoms.